The number of nitrogens with zero attached hydrogens (tertiary/aromatic N) is 1. The Balaban J connectivity index is 3.27. The van der Waals surface area contributed by atoms with Crippen molar-refractivity contribution in [2.24, 2.45) is 5.92 Å². The van der Waals surface area contributed by atoms with E-state index in [4.69, 9.17) is 5.26 Å². The van der Waals surface area contributed by atoms with E-state index in [9.17, 15) is 13.9 Å². The van der Waals surface area contributed by atoms with Crippen LogP contribution in [0.5, 0.6) is 0 Å². The minimum absolute atomic E-state index is 0.180. The fourth-order valence-electron chi connectivity index (χ4n) is 1.70. The SMILES string of the molecule is CCC(C#N)C(C)(O)c1cccc(F)c1F. The smallest absolute Gasteiger partial charge is 0.164 e. The first kappa shape index (κ1) is 12.6. The molecule has 86 valence electrons. The molecule has 0 spiro atoms. The van der Waals surface area contributed by atoms with Crippen molar-refractivity contribution in [2.75, 3.05) is 0 Å². The lowest BCUT2D eigenvalue weighted by Crippen LogP contribution is -2.32. The highest BCUT2D eigenvalue weighted by Gasteiger charge is 2.35. The van der Waals surface area contributed by atoms with Crippen LogP contribution in [0.15, 0.2) is 18.2 Å². The van der Waals surface area contributed by atoms with E-state index < -0.39 is 23.2 Å². The minimum atomic E-state index is -1.68. The number of benzene rings is 1. The highest BCUT2D eigenvalue weighted by molar-refractivity contribution is 5.27. The average molecular weight is 225 g/mol. The van der Waals surface area contributed by atoms with Crippen LogP contribution in [0, 0.1) is 28.9 Å². The molecule has 0 bridgehead atoms. The van der Waals surface area contributed by atoms with Crippen molar-refractivity contribution >= 4 is 0 Å². The Hall–Kier alpha value is -1.47. The average Bonchev–Trinajstić information content (AvgIpc) is 2.23. The monoisotopic (exact) mass is 225 g/mol. The molecule has 4 heteroatoms. The topological polar surface area (TPSA) is 44.0 Å². The number of rotatable bonds is 3. The van der Waals surface area contributed by atoms with Crippen LogP contribution >= 0.6 is 0 Å². The third-order valence-electron chi connectivity index (χ3n) is 2.74. The Morgan fingerprint density at radius 2 is 2.12 bits per heavy atom. The van der Waals surface area contributed by atoms with Crippen molar-refractivity contribution in [3.05, 3.63) is 35.4 Å². The molecule has 16 heavy (non-hydrogen) atoms. The van der Waals surface area contributed by atoms with E-state index >= 15 is 0 Å². The molecule has 1 aromatic rings. The van der Waals surface area contributed by atoms with Crippen molar-refractivity contribution in [3.63, 3.8) is 0 Å². The number of aliphatic hydroxyl groups is 1. The zero-order chi connectivity index (χ0) is 12.3. The van der Waals surface area contributed by atoms with E-state index in [-0.39, 0.29) is 5.56 Å². The predicted octanol–water partition coefficient (Wildman–Crippen LogP) is 2.72. The molecule has 0 aliphatic rings. The maximum Gasteiger partial charge on any atom is 0.164 e. The van der Waals surface area contributed by atoms with E-state index in [1.54, 1.807) is 6.92 Å². The Morgan fingerprint density at radius 1 is 1.50 bits per heavy atom. The van der Waals surface area contributed by atoms with Gasteiger partial charge in [0.1, 0.15) is 5.60 Å². The van der Waals surface area contributed by atoms with Crippen LogP contribution in [0.2, 0.25) is 0 Å². The molecule has 0 aliphatic carbocycles. The third kappa shape index (κ3) is 2.05. The van der Waals surface area contributed by atoms with Crippen molar-refractivity contribution in [2.45, 2.75) is 25.9 Å². The number of hydrogen-bond donors (Lipinski definition) is 1. The summed E-state index contributed by atoms with van der Waals surface area (Å²) in [5.41, 5.74) is -1.86. The molecular weight excluding hydrogens is 212 g/mol. The molecule has 1 rings (SSSR count). The highest BCUT2D eigenvalue weighted by atomic mass is 19.2. The summed E-state index contributed by atoms with van der Waals surface area (Å²) in [6, 6.07) is 5.47. The molecule has 1 N–H and O–H groups in total. The zero-order valence-corrected chi connectivity index (χ0v) is 9.17. The molecule has 0 radical (unpaired) electrons. The summed E-state index contributed by atoms with van der Waals surface area (Å²) >= 11 is 0. The van der Waals surface area contributed by atoms with Gasteiger partial charge in [-0.1, -0.05) is 19.1 Å². The Morgan fingerprint density at radius 3 is 2.62 bits per heavy atom. The van der Waals surface area contributed by atoms with Crippen LogP contribution in [0.25, 0.3) is 0 Å². The summed E-state index contributed by atoms with van der Waals surface area (Å²) in [5, 5.41) is 19.0. The molecule has 2 nitrogen and oxygen atoms in total. The lowest BCUT2D eigenvalue weighted by Gasteiger charge is -2.28. The molecule has 0 fully saturated rings. The molecule has 0 heterocycles. The summed E-state index contributed by atoms with van der Waals surface area (Å²) in [7, 11) is 0. The second-order valence-electron chi connectivity index (χ2n) is 3.84. The van der Waals surface area contributed by atoms with Gasteiger partial charge in [-0.3, -0.25) is 0 Å². The van der Waals surface area contributed by atoms with Crippen LogP contribution < -0.4 is 0 Å². The van der Waals surface area contributed by atoms with Gasteiger partial charge in [-0.2, -0.15) is 5.26 Å². The molecule has 0 aromatic heterocycles. The van der Waals surface area contributed by atoms with E-state index in [0.29, 0.717) is 6.42 Å². The minimum Gasteiger partial charge on any atom is -0.384 e. The summed E-state index contributed by atoms with van der Waals surface area (Å²) < 4.78 is 26.5. The second-order valence-corrected chi connectivity index (χ2v) is 3.84. The lowest BCUT2D eigenvalue weighted by atomic mass is 9.82. The van der Waals surface area contributed by atoms with Gasteiger partial charge in [-0.15, -0.1) is 0 Å². The van der Waals surface area contributed by atoms with Crippen LogP contribution in [0.3, 0.4) is 0 Å². The van der Waals surface area contributed by atoms with E-state index in [0.717, 1.165) is 6.07 Å². The molecule has 2 atom stereocenters. The molecular formula is C12H13F2NO. The predicted molar refractivity (Wildman–Crippen MR) is 55.3 cm³/mol. The molecule has 0 saturated heterocycles. The van der Waals surface area contributed by atoms with Gasteiger partial charge in [0, 0.05) is 5.56 Å². The van der Waals surface area contributed by atoms with Crippen molar-refractivity contribution in [1.29, 1.82) is 5.26 Å². The molecule has 0 saturated carbocycles. The van der Waals surface area contributed by atoms with E-state index in [1.165, 1.54) is 19.1 Å². The Bertz CT molecular complexity index is 424. The van der Waals surface area contributed by atoms with Crippen LogP contribution in [-0.2, 0) is 5.60 Å². The zero-order valence-electron chi connectivity index (χ0n) is 9.17. The lowest BCUT2D eigenvalue weighted by molar-refractivity contribution is 0.0112. The van der Waals surface area contributed by atoms with Crippen molar-refractivity contribution in [3.8, 4) is 6.07 Å². The maximum absolute atomic E-state index is 13.5. The van der Waals surface area contributed by atoms with Crippen LogP contribution in [-0.4, -0.2) is 5.11 Å². The van der Waals surface area contributed by atoms with E-state index in [2.05, 4.69) is 0 Å². The number of hydrogen-bond acceptors (Lipinski definition) is 2. The van der Waals surface area contributed by atoms with Gasteiger partial charge in [0.15, 0.2) is 11.6 Å². The fourth-order valence-corrected chi connectivity index (χ4v) is 1.70. The molecule has 2 unspecified atom stereocenters. The third-order valence-corrected chi connectivity index (χ3v) is 2.74. The second kappa shape index (κ2) is 4.58. The normalized spacial score (nSPS) is 16.2. The summed E-state index contributed by atoms with van der Waals surface area (Å²) in [6.45, 7) is 3.03. The van der Waals surface area contributed by atoms with E-state index in [1.807, 2.05) is 6.07 Å². The van der Waals surface area contributed by atoms with Gasteiger partial charge in [-0.25, -0.2) is 8.78 Å². The Kier molecular flexibility index (Phi) is 3.61. The first-order chi connectivity index (χ1) is 7.45. The van der Waals surface area contributed by atoms with Gasteiger partial charge < -0.3 is 5.11 Å². The van der Waals surface area contributed by atoms with Gasteiger partial charge >= 0.3 is 0 Å². The standard InChI is InChI=1S/C12H13F2NO/c1-3-8(7-15)12(2,16)9-5-4-6-10(13)11(9)14/h4-6,8,16H,3H2,1-2H3. The molecule has 0 amide bonds. The van der Waals surface area contributed by atoms with Gasteiger partial charge in [0.05, 0.1) is 12.0 Å². The summed E-state index contributed by atoms with van der Waals surface area (Å²) in [6.07, 6.45) is 0.361. The van der Waals surface area contributed by atoms with Crippen molar-refractivity contribution < 1.29 is 13.9 Å². The van der Waals surface area contributed by atoms with Gasteiger partial charge in [0.25, 0.3) is 0 Å². The first-order valence-electron chi connectivity index (χ1n) is 5.01. The maximum atomic E-state index is 13.5. The first-order valence-corrected chi connectivity index (χ1v) is 5.01. The van der Waals surface area contributed by atoms with Crippen LogP contribution in [0.1, 0.15) is 25.8 Å². The highest BCUT2D eigenvalue weighted by Crippen LogP contribution is 2.33. The van der Waals surface area contributed by atoms with Crippen LogP contribution in [0.4, 0.5) is 8.78 Å². The van der Waals surface area contributed by atoms with Gasteiger partial charge in [-0.05, 0) is 19.4 Å². The summed E-state index contributed by atoms with van der Waals surface area (Å²) in [5.74, 6) is -2.89. The fraction of sp³-hybridized carbons (Fsp3) is 0.417. The van der Waals surface area contributed by atoms with Gasteiger partial charge in [0.2, 0.25) is 0 Å². The largest absolute Gasteiger partial charge is 0.384 e. The van der Waals surface area contributed by atoms with Crippen molar-refractivity contribution in [1.82, 2.24) is 0 Å². The molecule has 0 aliphatic heterocycles. The number of halogens is 2. The Labute approximate surface area is 93.1 Å². The number of nitriles is 1. The molecule has 1 aromatic carbocycles. The quantitative estimate of drug-likeness (QED) is 0.859. The summed E-state index contributed by atoms with van der Waals surface area (Å²) in [4.78, 5) is 0.